The van der Waals surface area contributed by atoms with Gasteiger partial charge in [0, 0.05) is 18.2 Å². The lowest BCUT2D eigenvalue weighted by Crippen LogP contribution is -2.53. The maximum Gasteiger partial charge on any atom is 0.430 e. The molecule has 234 valence electrons. The average Bonchev–Trinajstić information content (AvgIpc) is 2.90. The molecule has 2 amide bonds. The van der Waals surface area contributed by atoms with Gasteiger partial charge in [-0.1, -0.05) is 24.3 Å². The van der Waals surface area contributed by atoms with Crippen LogP contribution in [0.5, 0.6) is 0 Å². The summed E-state index contributed by atoms with van der Waals surface area (Å²) < 4.78 is 120. The molecule has 0 aromatic heterocycles. The maximum absolute atomic E-state index is 14.7. The van der Waals surface area contributed by atoms with E-state index in [0.29, 0.717) is 43.6 Å². The lowest BCUT2D eigenvalue weighted by molar-refractivity contribution is -0.376. The van der Waals surface area contributed by atoms with E-state index < -0.39 is 65.7 Å². The van der Waals surface area contributed by atoms with Crippen molar-refractivity contribution in [3.63, 3.8) is 0 Å². The molecule has 1 aliphatic heterocycles. The van der Waals surface area contributed by atoms with Gasteiger partial charge in [0.25, 0.3) is 5.60 Å². The first-order valence-electron chi connectivity index (χ1n) is 12.8. The van der Waals surface area contributed by atoms with E-state index in [1.807, 2.05) is 4.90 Å². The molecule has 2 aromatic carbocycles. The number of urea groups is 1. The molecule has 0 saturated carbocycles. The van der Waals surface area contributed by atoms with Gasteiger partial charge in [0.1, 0.15) is 23.9 Å². The highest BCUT2D eigenvalue weighted by Crippen LogP contribution is 2.50. The van der Waals surface area contributed by atoms with E-state index in [-0.39, 0.29) is 24.4 Å². The molecule has 42 heavy (non-hydrogen) atoms. The first-order valence-corrected chi connectivity index (χ1v) is 12.8. The summed E-state index contributed by atoms with van der Waals surface area (Å²) in [5.74, 6) is -1.71. The summed E-state index contributed by atoms with van der Waals surface area (Å²) >= 11 is 0. The second kappa shape index (κ2) is 12.7. The summed E-state index contributed by atoms with van der Waals surface area (Å²) in [6, 6.07) is 4.16. The predicted octanol–water partition coefficient (Wildman–Crippen LogP) is 5.57. The summed E-state index contributed by atoms with van der Waals surface area (Å²) in [5, 5.41) is 23.3. The number of aliphatic hydroxyl groups is 2. The van der Waals surface area contributed by atoms with Gasteiger partial charge in [-0.15, -0.1) is 0 Å². The van der Waals surface area contributed by atoms with Gasteiger partial charge in [-0.2, -0.15) is 26.3 Å². The number of nitrogens with zero attached hydrogens (tertiary/aromatic N) is 1. The van der Waals surface area contributed by atoms with Crippen LogP contribution >= 0.6 is 0 Å². The third-order valence-corrected chi connectivity index (χ3v) is 7.12. The Kier molecular flexibility index (Phi) is 10.1. The highest BCUT2D eigenvalue weighted by molar-refractivity contribution is 5.89. The largest absolute Gasteiger partial charge is 0.430 e. The Morgan fingerprint density at radius 3 is 2.05 bits per heavy atom. The fourth-order valence-electron chi connectivity index (χ4n) is 4.58. The van der Waals surface area contributed by atoms with Crippen LogP contribution < -0.4 is 10.6 Å². The number of benzene rings is 2. The maximum atomic E-state index is 14.7. The van der Waals surface area contributed by atoms with E-state index >= 15 is 0 Å². The number of rotatable bonds is 9. The molecule has 1 atom stereocenters. The monoisotopic (exact) mass is 615 g/mol. The van der Waals surface area contributed by atoms with Crippen LogP contribution in [0.2, 0.25) is 0 Å². The molecule has 1 unspecified atom stereocenters. The normalized spacial score (nSPS) is 17.1. The van der Waals surface area contributed by atoms with Crippen LogP contribution in [0.4, 0.5) is 50.0 Å². The van der Waals surface area contributed by atoms with E-state index in [9.17, 15) is 54.5 Å². The molecular weight excluding hydrogens is 585 g/mol. The van der Waals surface area contributed by atoms with Gasteiger partial charge in [0.2, 0.25) is 0 Å². The Hall–Kier alpha value is -3.04. The number of hydrogen-bond acceptors (Lipinski definition) is 4. The Morgan fingerprint density at radius 1 is 0.952 bits per heavy atom. The second-order valence-corrected chi connectivity index (χ2v) is 10.7. The number of anilines is 1. The predicted molar refractivity (Wildman–Crippen MR) is 134 cm³/mol. The number of carbonyl (C=O) groups is 1. The quantitative estimate of drug-likeness (QED) is 0.278. The van der Waals surface area contributed by atoms with Crippen LogP contribution in [0, 0.1) is 17.6 Å². The van der Waals surface area contributed by atoms with Crippen LogP contribution in [0.25, 0.3) is 0 Å². The molecule has 0 bridgehead atoms. The van der Waals surface area contributed by atoms with Crippen molar-refractivity contribution in [1.82, 2.24) is 10.2 Å². The summed E-state index contributed by atoms with van der Waals surface area (Å²) in [7, 11) is 0. The number of piperidine rings is 1. The van der Waals surface area contributed by atoms with Crippen molar-refractivity contribution in [3.05, 3.63) is 64.7 Å². The number of carbonyl (C=O) groups excluding carboxylic acids is 1. The summed E-state index contributed by atoms with van der Waals surface area (Å²) in [5.41, 5.74) is -8.09. The smallest absolute Gasteiger partial charge is 0.386 e. The summed E-state index contributed by atoms with van der Waals surface area (Å²) in [4.78, 5) is 13.8. The van der Waals surface area contributed by atoms with Gasteiger partial charge in [-0.25, -0.2) is 18.0 Å². The fourth-order valence-corrected chi connectivity index (χ4v) is 4.58. The zero-order chi connectivity index (χ0) is 31.5. The SMILES string of the molecule is CC(O)(CF)CNC(=O)Nc1cc(F)c(CC2CCN(Cc3ccc(C(O)(C(F)(F)F)C(F)(F)F)cc3)CC2)cc1F. The van der Waals surface area contributed by atoms with Gasteiger partial charge in [-0.3, -0.25) is 4.90 Å². The van der Waals surface area contributed by atoms with Crippen molar-refractivity contribution in [2.24, 2.45) is 5.92 Å². The van der Waals surface area contributed by atoms with Crippen molar-refractivity contribution in [2.45, 2.75) is 56.3 Å². The van der Waals surface area contributed by atoms with E-state index in [0.717, 1.165) is 31.2 Å². The van der Waals surface area contributed by atoms with E-state index in [1.165, 1.54) is 0 Å². The Morgan fingerprint density at radius 2 is 1.52 bits per heavy atom. The minimum atomic E-state index is -5.97. The Balaban J connectivity index is 1.55. The standard InChI is InChI=1S/C27H30F9N3O3/c1-24(41,14-28)15-37-23(40)38-22-12-20(29)18(11-21(22)30)10-16-6-8-39(9-7-16)13-17-2-4-19(5-3-17)25(42,26(31,32)33)27(34,35)36/h2-5,11-12,16,41-42H,6-10,13-15H2,1H3,(H2,37,38,40). The minimum absolute atomic E-state index is 0.0452. The molecule has 0 aliphatic carbocycles. The molecule has 0 spiro atoms. The number of halogens is 9. The van der Waals surface area contributed by atoms with Crippen LogP contribution in [0.15, 0.2) is 36.4 Å². The average molecular weight is 616 g/mol. The van der Waals surface area contributed by atoms with E-state index in [4.69, 9.17) is 0 Å². The first kappa shape index (κ1) is 33.5. The first-order chi connectivity index (χ1) is 19.4. The molecule has 3 rings (SSSR count). The molecule has 1 fully saturated rings. The summed E-state index contributed by atoms with van der Waals surface area (Å²) in [6.07, 6.45) is -10.6. The zero-order valence-electron chi connectivity index (χ0n) is 22.3. The van der Waals surface area contributed by atoms with Gasteiger partial charge in [-0.05, 0) is 62.4 Å². The van der Waals surface area contributed by atoms with Crippen LogP contribution in [-0.4, -0.2) is 65.4 Å². The number of alkyl halides is 7. The molecule has 6 nitrogen and oxygen atoms in total. The van der Waals surface area contributed by atoms with Crippen molar-refractivity contribution in [3.8, 4) is 0 Å². The molecule has 1 saturated heterocycles. The van der Waals surface area contributed by atoms with Gasteiger partial charge in [0.15, 0.2) is 0 Å². The third kappa shape index (κ3) is 7.86. The lowest BCUT2D eigenvalue weighted by atomic mass is 9.89. The summed E-state index contributed by atoms with van der Waals surface area (Å²) in [6.45, 7) is 0.741. The lowest BCUT2D eigenvalue weighted by Gasteiger charge is -2.33. The number of likely N-dealkylation sites (tertiary alicyclic amines) is 1. The molecule has 1 heterocycles. The zero-order valence-corrected chi connectivity index (χ0v) is 22.3. The Bertz CT molecular complexity index is 1210. The highest BCUT2D eigenvalue weighted by atomic mass is 19.4. The minimum Gasteiger partial charge on any atom is -0.386 e. The number of nitrogens with one attached hydrogen (secondary N) is 2. The van der Waals surface area contributed by atoms with Crippen LogP contribution in [0.3, 0.4) is 0 Å². The molecule has 1 aliphatic rings. The molecule has 2 aromatic rings. The van der Waals surface area contributed by atoms with E-state index in [2.05, 4.69) is 10.6 Å². The topological polar surface area (TPSA) is 84.8 Å². The highest BCUT2D eigenvalue weighted by Gasteiger charge is 2.71. The van der Waals surface area contributed by atoms with Crippen molar-refractivity contribution in [1.29, 1.82) is 0 Å². The molecule has 15 heteroatoms. The number of hydrogen-bond donors (Lipinski definition) is 4. The van der Waals surface area contributed by atoms with Crippen molar-refractivity contribution < 1.29 is 54.5 Å². The Labute approximate surface area is 235 Å². The second-order valence-electron chi connectivity index (χ2n) is 10.7. The van der Waals surface area contributed by atoms with Crippen LogP contribution in [-0.2, 0) is 18.6 Å². The van der Waals surface area contributed by atoms with E-state index in [1.54, 1.807) is 0 Å². The van der Waals surface area contributed by atoms with Crippen molar-refractivity contribution in [2.75, 3.05) is 31.6 Å². The van der Waals surface area contributed by atoms with Gasteiger partial charge < -0.3 is 20.8 Å². The van der Waals surface area contributed by atoms with Crippen molar-refractivity contribution >= 4 is 11.7 Å². The van der Waals surface area contributed by atoms with Gasteiger partial charge >= 0.3 is 18.4 Å². The van der Waals surface area contributed by atoms with Crippen LogP contribution in [0.1, 0.15) is 36.5 Å². The third-order valence-electron chi connectivity index (χ3n) is 7.12. The number of amides is 2. The molecule has 4 N–H and O–H groups in total. The molecular formula is C27H30F9N3O3. The van der Waals surface area contributed by atoms with Gasteiger partial charge in [0.05, 0.1) is 12.2 Å². The fraction of sp³-hybridized carbons (Fsp3) is 0.519. The molecule has 0 radical (unpaired) electrons.